The molecule has 0 radical (unpaired) electrons. The average Bonchev–Trinajstić information content (AvgIpc) is 2.68. The van der Waals surface area contributed by atoms with Crippen molar-refractivity contribution in [2.24, 2.45) is 0 Å². The molecule has 0 saturated carbocycles. The van der Waals surface area contributed by atoms with Gasteiger partial charge in [0.15, 0.2) is 0 Å². The van der Waals surface area contributed by atoms with E-state index in [1.165, 1.54) is 5.56 Å². The molecule has 0 spiro atoms. The van der Waals surface area contributed by atoms with E-state index in [0.29, 0.717) is 24.5 Å². The van der Waals surface area contributed by atoms with Crippen LogP contribution in [0.4, 0.5) is 5.69 Å². The van der Waals surface area contributed by atoms with Crippen molar-refractivity contribution in [3.8, 4) is 5.75 Å². The lowest BCUT2D eigenvalue weighted by molar-refractivity contribution is -0.122. The Morgan fingerprint density at radius 3 is 2.20 bits per heavy atom. The van der Waals surface area contributed by atoms with Crippen LogP contribution in [0.25, 0.3) is 0 Å². The van der Waals surface area contributed by atoms with E-state index < -0.39 is 16.1 Å². The number of amides is 1. The minimum absolute atomic E-state index is 0.194. The van der Waals surface area contributed by atoms with Crippen LogP contribution in [-0.2, 0) is 14.8 Å². The number of nitrogens with zero attached hydrogens (tertiary/aromatic N) is 1. The second-order valence-electron chi connectivity index (χ2n) is 7.47. The van der Waals surface area contributed by atoms with Crippen molar-refractivity contribution in [3.05, 3.63) is 59.2 Å². The van der Waals surface area contributed by atoms with Crippen LogP contribution in [0.5, 0.6) is 5.75 Å². The number of carbonyl (C=O) groups excluding carboxylic acids is 1. The van der Waals surface area contributed by atoms with Crippen LogP contribution < -0.4 is 14.4 Å². The summed E-state index contributed by atoms with van der Waals surface area (Å²) in [5, 5.41) is 3.01. The Morgan fingerprint density at radius 2 is 1.70 bits per heavy atom. The summed E-state index contributed by atoms with van der Waals surface area (Å²) >= 11 is 0. The van der Waals surface area contributed by atoms with Gasteiger partial charge in [-0.05, 0) is 75.1 Å². The molecule has 2 rings (SSSR count). The summed E-state index contributed by atoms with van der Waals surface area (Å²) in [5.74, 6) is 0.298. The summed E-state index contributed by atoms with van der Waals surface area (Å²) in [6.07, 6.45) is 1.80. The lowest BCUT2D eigenvalue weighted by Crippen LogP contribution is -2.48. The van der Waals surface area contributed by atoms with E-state index >= 15 is 0 Å². The first-order chi connectivity index (χ1) is 14.1. The van der Waals surface area contributed by atoms with E-state index in [-0.39, 0.29) is 11.9 Å². The topological polar surface area (TPSA) is 75.7 Å². The number of hydrogen-bond acceptors (Lipinski definition) is 4. The molecule has 2 aromatic rings. The Hall–Kier alpha value is -2.54. The number of sulfonamides is 1. The number of anilines is 1. The van der Waals surface area contributed by atoms with Gasteiger partial charge in [0.1, 0.15) is 11.8 Å². The van der Waals surface area contributed by atoms with Crippen molar-refractivity contribution in [1.29, 1.82) is 0 Å². The van der Waals surface area contributed by atoms with Gasteiger partial charge in [0.25, 0.3) is 0 Å². The van der Waals surface area contributed by atoms with Crippen LogP contribution in [0.2, 0.25) is 0 Å². The molecule has 6 nitrogen and oxygen atoms in total. The number of carbonyl (C=O) groups is 1. The van der Waals surface area contributed by atoms with Gasteiger partial charge in [-0.1, -0.05) is 25.1 Å². The van der Waals surface area contributed by atoms with E-state index in [0.717, 1.165) is 21.7 Å². The molecule has 1 amide bonds. The average molecular weight is 433 g/mol. The fourth-order valence-corrected chi connectivity index (χ4v) is 4.53. The molecule has 1 N–H and O–H groups in total. The van der Waals surface area contributed by atoms with Crippen LogP contribution in [0.1, 0.15) is 49.9 Å². The van der Waals surface area contributed by atoms with E-state index in [1.807, 2.05) is 39.8 Å². The van der Waals surface area contributed by atoms with Crippen molar-refractivity contribution in [2.75, 3.05) is 17.2 Å². The second-order valence-corrected chi connectivity index (χ2v) is 9.33. The van der Waals surface area contributed by atoms with Gasteiger partial charge in [0.2, 0.25) is 15.9 Å². The fourth-order valence-electron chi connectivity index (χ4n) is 3.36. The molecule has 7 heteroatoms. The van der Waals surface area contributed by atoms with Crippen molar-refractivity contribution in [1.82, 2.24) is 5.32 Å². The Morgan fingerprint density at radius 1 is 1.07 bits per heavy atom. The highest BCUT2D eigenvalue weighted by Gasteiger charge is 2.30. The second kappa shape index (κ2) is 9.98. The Balaban J connectivity index is 2.27. The molecule has 0 aromatic heterocycles. The predicted molar refractivity (Wildman–Crippen MR) is 121 cm³/mol. The quantitative estimate of drug-likeness (QED) is 0.647. The van der Waals surface area contributed by atoms with Gasteiger partial charge in [0, 0.05) is 0 Å². The lowest BCUT2D eigenvalue weighted by Gasteiger charge is -2.30. The zero-order valence-corrected chi connectivity index (χ0v) is 19.4. The number of rotatable bonds is 9. The molecule has 0 aliphatic carbocycles. The Labute approximate surface area is 180 Å². The molecule has 0 fully saturated rings. The molecular formula is C23H32N2O4S. The summed E-state index contributed by atoms with van der Waals surface area (Å²) < 4.78 is 31.6. The molecule has 0 bridgehead atoms. The van der Waals surface area contributed by atoms with Gasteiger partial charge >= 0.3 is 0 Å². The van der Waals surface area contributed by atoms with Crippen molar-refractivity contribution in [3.63, 3.8) is 0 Å². The van der Waals surface area contributed by atoms with Crippen LogP contribution in [-0.4, -0.2) is 33.2 Å². The van der Waals surface area contributed by atoms with Crippen molar-refractivity contribution in [2.45, 2.75) is 53.1 Å². The maximum Gasteiger partial charge on any atom is 0.244 e. The van der Waals surface area contributed by atoms with E-state index in [9.17, 15) is 13.2 Å². The number of ether oxygens (including phenoxy) is 1. The van der Waals surface area contributed by atoms with Gasteiger partial charge in [0.05, 0.1) is 24.6 Å². The predicted octanol–water partition coefficient (Wildman–Crippen LogP) is 4.12. The molecule has 2 atom stereocenters. The van der Waals surface area contributed by atoms with Gasteiger partial charge in [-0.15, -0.1) is 0 Å². The molecule has 0 saturated heterocycles. The first kappa shape index (κ1) is 23.7. The Bertz CT molecular complexity index is 971. The van der Waals surface area contributed by atoms with E-state index in [4.69, 9.17) is 4.74 Å². The third kappa shape index (κ3) is 5.75. The van der Waals surface area contributed by atoms with Crippen LogP contribution in [0.15, 0.2) is 42.5 Å². The fraction of sp³-hybridized carbons (Fsp3) is 0.435. The van der Waals surface area contributed by atoms with Crippen LogP contribution >= 0.6 is 0 Å². The molecule has 164 valence electrons. The summed E-state index contributed by atoms with van der Waals surface area (Å²) in [7, 11) is -3.68. The zero-order valence-electron chi connectivity index (χ0n) is 18.6. The minimum atomic E-state index is -3.68. The SMILES string of the molecule is CCOc1ccc(N([C@@H](C)C(=O)N[C@H](CC)c2ccc(C)c(C)c2)S(C)(=O)=O)cc1. The van der Waals surface area contributed by atoms with Gasteiger partial charge < -0.3 is 10.1 Å². The standard InChI is InChI=1S/C23H32N2O4S/c1-7-22(19-10-9-16(3)17(4)15-19)24-23(26)18(5)25(30(6,27)28)20-11-13-21(14-12-20)29-8-2/h9-15,18,22H,7-8H2,1-6H3,(H,24,26)/t18-,22+/m0/s1. The summed E-state index contributed by atoms with van der Waals surface area (Å²) in [5.41, 5.74) is 3.77. The van der Waals surface area contributed by atoms with Crippen LogP contribution in [0.3, 0.4) is 0 Å². The largest absolute Gasteiger partial charge is 0.494 e. The summed E-state index contributed by atoms with van der Waals surface area (Å²) in [4.78, 5) is 13.0. The minimum Gasteiger partial charge on any atom is -0.494 e. The van der Waals surface area contributed by atoms with Crippen molar-refractivity contribution >= 4 is 21.6 Å². The van der Waals surface area contributed by atoms with Crippen molar-refractivity contribution < 1.29 is 17.9 Å². The van der Waals surface area contributed by atoms with Gasteiger partial charge in [-0.2, -0.15) is 0 Å². The maximum absolute atomic E-state index is 13.0. The van der Waals surface area contributed by atoms with Gasteiger partial charge in [-0.3, -0.25) is 9.10 Å². The number of hydrogen-bond donors (Lipinski definition) is 1. The molecule has 0 unspecified atom stereocenters. The molecule has 0 aliphatic rings. The number of nitrogens with one attached hydrogen (secondary N) is 1. The number of aryl methyl sites for hydroxylation is 2. The maximum atomic E-state index is 13.0. The molecular weight excluding hydrogens is 400 g/mol. The zero-order chi connectivity index (χ0) is 22.5. The number of benzene rings is 2. The highest BCUT2D eigenvalue weighted by molar-refractivity contribution is 7.92. The molecule has 0 heterocycles. The molecule has 30 heavy (non-hydrogen) atoms. The molecule has 0 aliphatic heterocycles. The molecule has 2 aromatic carbocycles. The monoisotopic (exact) mass is 432 g/mol. The lowest BCUT2D eigenvalue weighted by atomic mass is 9.99. The van der Waals surface area contributed by atoms with Gasteiger partial charge in [-0.25, -0.2) is 8.42 Å². The third-order valence-electron chi connectivity index (χ3n) is 5.15. The highest BCUT2D eigenvalue weighted by atomic mass is 32.2. The smallest absolute Gasteiger partial charge is 0.244 e. The first-order valence-corrected chi connectivity index (χ1v) is 12.0. The third-order valence-corrected chi connectivity index (χ3v) is 6.39. The summed E-state index contributed by atoms with van der Waals surface area (Å²) in [6.45, 7) is 10.1. The van der Waals surface area contributed by atoms with Crippen LogP contribution in [0, 0.1) is 13.8 Å². The Kier molecular flexibility index (Phi) is 7.89. The first-order valence-electron chi connectivity index (χ1n) is 10.2. The normalized spacial score (nSPS) is 13.4. The summed E-state index contributed by atoms with van der Waals surface area (Å²) in [6, 6.07) is 11.7. The van der Waals surface area contributed by atoms with E-state index in [1.54, 1.807) is 31.2 Å². The highest BCUT2D eigenvalue weighted by Crippen LogP contribution is 2.25. The van der Waals surface area contributed by atoms with E-state index in [2.05, 4.69) is 11.4 Å².